The topological polar surface area (TPSA) is 12.0 Å². The highest BCUT2D eigenvalue weighted by molar-refractivity contribution is 9.10. The molecular formula is C11H14BrClFN. The molecule has 1 nitrogen and oxygen atoms in total. The lowest BCUT2D eigenvalue weighted by Crippen LogP contribution is -2.21. The minimum absolute atomic E-state index is 0.171. The van der Waals surface area contributed by atoms with Crippen molar-refractivity contribution in [1.29, 1.82) is 0 Å². The fraction of sp³-hybridized carbons (Fsp3) is 0.455. The first-order valence-electron chi connectivity index (χ1n) is 4.86. The molecule has 0 bridgehead atoms. The lowest BCUT2D eigenvalue weighted by atomic mass is 10.1. The molecule has 0 saturated heterocycles. The summed E-state index contributed by atoms with van der Waals surface area (Å²) in [6, 6.07) is 3.94. The monoisotopic (exact) mass is 293 g/mol. The molecule has 1 N–H and O–H groups in total. The van der Waals surface area contributed by atoms with Crippen molar-refractivity contribution in [3.8, 4) is 0 Å². The Morgan fingerprint density at radius 3 is 2.80 bits per heavy atom. The van der Waals surface area contributed by atoms with Crippen LogP contribution in [0.4, 0.5) is 4.39 Å². The van der Waals surface area contributed by atoms with Crippen LogP contribution in [0.25, 0.3) is 0 Å². The molecule has 0 amide bonds. The Labute approximate surface area is 103 Å². The number of halogens is 3. The molecule has 1 aromatic carbocycles. The molecule has 0 fully saturated rings. The Bertz CT molecular complexity index is 344. The molecule has 1 atom stereocenters. The number of rotatable bonds is 4. The molecule has 1 rings (SSSR count). The molecule has 1 unspecified atom stereocenters. The summed E-state index contributed by atoms with van der Waals surface area (Å²) in [6.07, 6.45) is 1.59. The van der Waals surface area contributed by atoms with Crippen LogP contribution in [0.15, 0.2) is 16.6 Å². The van der Waals surface area contributed by atoms with Crippen molar-refractivity contribution < 1.29 is 4.39 Å². The highest BCUT2D eigenvalue weighted by Crippen LogP contribution is 2.28. The maximum atomic E-state index is 13.6. The van der Waals surface area contributed by atoms with Gasteiger partial charge in [-0.1, -0.05) is 17.7 Å². The molecule has 0 aliphatic carbocycles. The first-order valence-corrected chi connectivity index (χ1v) is 6.03. The molecule has 4 heteroatoms. The molecule has 0 radical (unpaired) electrons. The Balaban J connectivity index is 2.74. The van der Waals surface area contributed by atoms with Gasteiger partial charge in [0.05, 0.1) is 5.02 Å². The van der Waals surface area contributed by atoms with Crippen LogP contribution in [-0.4, -0.2) is 13.1 Å². The van der Waals surface area contributed by atoms with Gasteiger partial charge in [0.25, 0.3) is 0 Å². The third-order valence-corrected chi connectivity index (χ3v) is 3.71. The number of benzene rings is 1. The van der Waals surface area contributed by atoms with E-state index in [0.717, 1.165) is 6.42 Å². The predicted molar refractivity (Wildman–Crippen MR) is 66.0 cm³/mol. The van der Waals surface area contributed by atoms with Gasteiger partial charge in [-0.25, -0.2) is 4.39 Å². The minimum Gasteiger partial charge on any atom is -0.317 e. The van der Waals surface area contributed by atoms with Crippen LogP contribution >= 0.6 is 27.5 Å². The average molecular weight is 295 g/mol. The highest BCUT2D eigenvalue weighted by Gasteiger charge is 2.10. The first-order chi connectivity index (χ1) is 7.06. The van der Waals surface area contributed by atoms with Crippen LogP contribution in [0.3, 0.4) is 0 Å². The smallest absolute Gasteiger partial charge is 0.146 e. The number of hydrogen-bond donors (Lipinski definition) is 1. The normalized spacial score (nSPS) is 12.9. The van der Waals surface area contributed by atoms with E-state index in [1.54, 1.807) is 12.1 Å². The summed E-state index contributed by atoms with van der Waals surface area (Å²) in [7, 11) is 1.90. The Hall–Kier alpha value is -0.120. The third-order valence-electron chi connectivity index (χ3n) is 2.45. The SMILES string of the molecule is CNC(C)CCc1ccc(Br)c(Cl)c1F. The van der Waals surface area contributed by atoms with Crippen LogP contribution in [-0.2, 0) is 6.42 Å². The predicted octanol–water partition coefficient (Wildman–Crippen LogP) is 3.78. The molecule has 0 aliphatic heterocycles. The molecule has 0 heterocycles. The van der Waals surface area contributed by atoms with Crippen LogP contribution in [0.1, 0.15) is 18.9 Å². The van der Waals surface area contributed by atoms with Crippen LogP contribution in [0, 0.1) is 5.82 Å². The summed E-state index contributed by atoms with van der Waals surface area (Å²) < 4.78 is 14.2. The van der Waals surface area contributed by atoms with E-state index >= 15 is 0 Å². The molecule has 0 aromatic heterocycles. The van der Waals surface area contributed by atoms with E-state index in [9.17, 15) is 4.39 Å². The quantitative estimate of drug-likeness (QED) is 0.833. The van der Waals surface area contributed by atoms with Gasteiger partial charge < -0.3 is 5.32 Å². The zero-order chi connectivity index (χ0) is 11.4. The molecule has 0 saturated carbocycles. The van der Waals surface area contributed by atoms with E-state index in [4.69, 9.17) is 11.6 Å². The molecule has 0 spiro atoms. The first kappa shape index (κ1) is 12.9. The van der Waals surface area contributed by atoms with E-state index in [1.165, 1.54) is 0 Å². The number of hydrogen-bond acceptors (Lipinski definition) is 1. The number of aryl methyl sites for hydroxylation is 1. The van der Waals surface area contributed by atoms with E-state index < -0.39 is 0 Å². The Morgan fingerprint density at radius 1 is 1.53 bits per heavy atom. The van der Waals surface area contributed by atoms with Crippen molar-refractivity contribution in [2.45, 2.75) is 25.8 Å². The fourth-order valence-electron chi connectivity index (χ4n) is 1.28. The van der Waals surface area contributed by atoms with Gasteiger partial charge in [0.1, 0.15) is 5.82 Å². The van der Waals surface area contributed by atoms with Crippen LogP contribution in [0.2, 0.25) is 5.02 Å². The van der Waals surface area contributed by atoms with Gasteiger partial charge in [0.2, 0.25) is 0 Å². The largest absolute Gasteiger partial charge is 0.317 e. The van der Waals surface area contributed by atoms with E-state index in [2.05, 4.69) is 28.2 Å². The molecule has 84 valence electrons. The standard InChI is InChI=1S/C11H14BrClFN/c1-7(15-2)3-4-8-5-6-9(12)10(13)11(8)14/h5-7,15H,3-4H2,1-2H3. The summed E-state index contributed by atoms with van der Waals surface area (Å²) >= 11 is 8.98. The maximum Gasteiger partial charge on any atom is 0.146 e. The molecule has 1 aromatic rings. The minimum atomic E-state index is -0.311. The summed E-state index contributed by atoms with van der Waals surface area (Å²) in [6.45, 7) is 2.07. The van der Waals surface area contributed by atoms with Gasteiger partial charge in [-0.2, -0.15) is 0 Å². The summed E-state index contributed by atoms with van der Waals surface area (Å²) in [5, 5.41) is 3.29. The van der Waals surface area contributed by atoms with Crippen molar-refractivity contribution in [1.82, 2.24) is 5.32 Å². The summed E-state index contributed by atoms with van der Waals surface area (Å²) in [5.74, 6) is -0.311. The van der Waals surface area contributed by atoms with Gasteiger partial charge in [-0.15, -0.1) is 0 Å². The zero-order valence-electron chi connectivity index (χ0n) is 8.78. The third kappa shape index (κ3) is 3.44. The van der Waals surface area contributed by atoms with E-state index in [-0.39, 0.29) is 10.8 Å². The van der Waals surface area contributed by atoms with Crippen molar-refractivity contribution in [2.75, 3.05) is 7.05 Å². The van der Waals surface area contributed by atoms with Crippen molar-refractivity contribution in [3.05, 3.63) is 33.0 Å². The summed E-state index contributed by atoms with van der Waals surface area (Å²) in [4.78, 5) is 0. The zero-order valence-corrected chi connectivity index (χ0v) is 11.1. The second kappa shape index (κ2) is 5.83. The van der Waals surface area contributed by atoms with Gasteiger partial charge in [0.15, 0.2) is 0 Å². The van der Waals surface area contributed by atoms with Crippen molar-refractivity contribution >= 4 is 27.5 Å². The van der Waals surface area contributed by atoms with Gasteiger partial charge in [-0.05, 0) is 54.4 Å². The van der Waals surface area contributed by atoms with Gasteiger partial charge in [-0.3, -0.25) is 0 Å². The summed E-state index contributed by atoms with van der Waals surface area (Å²) in [5.41, 5.74) is 0.672. The fourth-order valence-corrected chi connectivity index (χ4v) is 1.77. The lowest BCUT2D eigenvalue weighted by Gasteiger charge is -2.11. The van der Waals surface area contributed by atoms with Gasteiger partial charge in [0, 0.05) is 10.5 Å². The highest BCUT2D eigenvalue weighted by atomic mass is 79.9. The van der Waals surface area contributed by atoms with E-state index in [1.807, 2.05) is 7.05 Å². The van der Waals surface area contributed by atoms with Crippen molar-refractivity contribution in [2.24, 2.45) is 0 Å². The average Bonchev–Trinajstić information content (AvgIpc) is 2.24. The lowest BCUT2D eigenvalue weighted by molar-refractivity contribution is 0.547. The maximum absolute atomic E-state index is 13.6. The van der Waals surface area contributed by atoms with Crippen LogP contribution in [0.5, 0.6) is 0 Å². The Morgan fingerprint density at radius 2 is 2.20 bits per heavy atom. The second-order valence-electron chi connectivity index (χ2n) is 3.56. The van der Waals surface area contributed by atoms with Crippen molar-refractivity contribution in [3.63, 3.8) is 0 Å². The van der Waals surface area contributed by atoms with Crippen LogP contribution < -0.4 is 5.32 Å². The second-order valence-corrected chi connectivity index (χ2v) is 4.80. The number of nitrogens with one attached hydrogen (secondary N) is 1. The molecular weight excluding hydrogens is 280 g/mol. The van der Waals surface area contributed by atoms with Gasteiger partial charge >= 0.3 is 0 Å². The Kier molecular flexibility index (Phi) is 5.03. The molecule has 15 heavy (non-hydrogen) atoms. The van der Waals surface area contributed by atoms with E-state index in [0.29, 0.717) is 22.5 Å². The molecule has 0 aliphatic rings.